The normalized spacial score (nSPS) is 27.4. The number of hydrogen-bond donors (Lipinski definition) is 0. The lowest BCUT2D eigenvalue weighted by Gasteiger charge is -2.36. The summed E-state index contributed by atoms with van der Waals surface area (Å²) in [6.45, 7) is 2.31. The van der Waals surface area contributed by atoms with Gasteiger partial charge in [-0.25, -0.2) is 0 Å². The van der Waals surface area contributed by atoms with Gasteiger partial charge in [0.1, 0.15) is 0 Å². The number of fused-ring (bicyclic) bond motifs is 4. The van der Waals surface area contributed by atoms with Crippen LogP contribution in [0.25, 0.3) is 0 Å². The SMILES string of the molecule is O=C(CCc1cccs1)N1C[C@@H]2CC[C@H](C1)N(CC1CC1)C2=O. The molecule has 1 aliphatic carbocycles. The summed E-state index contributed by atoms with van der Waals surface area (Å²) >= 11 is 1.71. The number of carbonyl (C=O) groups excluding carboxylic acids is 2. The molecule has 3 aliphatic heterocycles. The number of carbonyl (C=O) groups is 2. The highest BCUT2D eigenvalue weighted by molar-refractivity contribution is 7.09. The van der Waals surface area contributed by atoms with Gasteiger partial charge in [0.05, 0.1) is 5.92 Å². The van der Waals surface area contributed by atoms with Crippen molar-refractivity contribution >= 4 is 23.2 Å². The summed E-state index contributed by atoms with van der Waals surface area (Å²) in [6, 6.07) is 4.38. The van der Waals surface area contributed by atoms with E-state index in [-0.39, 0.29) is 17.9 Å². The van der Waals surface area contributed by atoms with Crippen molar-refractivity contribution < 1.29 is 9.59 Å². The zero-order chi connectivity index (χ0) is 15.8. The van der Waals surface area contributed by atoms with E-state index in [1.165, 1.54) is 17.7 Å². The van der Waals surface area contributed by atoms with Gasteiger partial charge in [0.15, 0.2) is 0 Å². The van der Waals surface area contributed by atoms with Gasteiger partial charge in [-0.05, 0) is 49.5 Å². The average molecular weight is 332 g/mol. The van der Waals surface area contributed by atoms with Crippen LogP contribution in [0.1, 0.15) is 37.0 Å². The fourth-order valence-corrected chi connectivity index (χ4v) is 4.61. The van der Waals surface area contributed by atoms with E-state index in [4.69, 9.17) is 0 Å². The number of hydrogen-bond acceptors (Lipinski definition) is 3. The van der Waals surface area contributed by atoms with E-state index in [0.29, 0.717) is 18.9 Å². The lowest BCUT2D eigenvalue weighted by molar-refractivity contribution is -0.140. The number of piperidine rings is 1. The van der Waals surface area contributed by atoms with Crippen molar-refractivity contribution in [2.24, 2.45) is 11.8 Å². The topological polar surface area (TPSA) is 40.6 Å². The smallest absolute Gasteiger partial charge is 0.227 e. The Balaban J connectivity index is 1.40. The second-order valence-electron chi connectivity index (χ2n) is 7.24. The number of rotatable bonds is 5. The molecule has 4 aliphatic rings. The predicted molar refractivity (Wildman–Crippen MR) is 90.2 cm³/mol. The maximum atomic E-state index is 12.7. The minimum atomic E-state index is 0.0400. The highest BCUT2D eigenvalue weighted by Gasteiger charge is 2.43. The van der Waals surface area contributed by atoms with Crippen molar-refractivity contribution in [3.05, 3.63) is 22.4 Å². The standard InChI is InChI=1S/C18H24N2O2S/c21-17(8-7-16-2-1-9-23-16)19-11-14-5-6-15(12-19)20(18(14)22)10-13-3-4-13/h1-2,9,13-15H,3-8,10-12H2/t14-,15+/m0/s1. The summed E-state index contributed by atoms with van der Waals surface area (Å²) in [5.74, 6) is 1.29. The monoisotopic (exact) mass is 332 g/mol. The lowest BCUT2D eigenvalue weighted by Crippen LogP contribution is -2.48. The van der Waals surface area contributed by atoms with E-state index in [1.807, 2.05) is 11.0 Å². The van der Waals surface area contributed by atoms with E-state index in [9.17, 15) is 9.59 Å². The van der Waals surface area contributed by atoms with Crippen LogP contribution in [-0.4, -0.2) is 47.3 Å². The zero-order valence-electron chi connectivity index (χ0n) is 13.4. The summed E-state index contributed by atoms with van der Waals surface area (Å²) in [5.41, 5.74) is 0. The second kappa shape index (κ2) is 6.27. The number of aryl methyl sites for hydroxylation is 1. The van der Waals surface area contributed by atoms with Gasteiger partial charge in [-0.1, -0.05) is 6.07 Å². The van der Waals surface area contributed by atoms with Gasteiger partial charge in [-0.2, -0.15) is 0 Å². The molecular formula is C18H24N2O2S. The Hall–Kier alpha value is -1.36. The Labute approximate surface area is 141 Å². The lowest BCUT2D eigenvalue weighted by atomic mass is 9.94. The first kappa shape index (κ1) is 15.2. The third-order valence-electron chi connectivity index (χ3n) is 5.46. The zero-order valence-corrected chi connectivity index (χ0v) is 14.3. The van der Waals surface area contributed by atoms with Crippen LogP contribution in [0.15, 0.2) is 17.5 Å². The van der Waals surface area contributed by atoms with Crippen molar-refractivity contribution in [1.29, 1.82) is 0 Å². The van der Waals surface area contributed by atoms with E-state index in [1.54, 1.807) is 11.3 Å². The van der Waals surface area contributed by atoms with Crippen molar-refractivity contribution in [1.82, 2.24) is 9.80 Å². The summed E-state index contributed by atoms with van der Waals surface area (Å²) in [7, 11) is 0. The van der Waals surface area contributed by atoms with E-state index in [2.05, 4.69) is 16.3 Å². The Morgan fingerprint density at radius 2 is 2.09 bits per heavy atom. The van der Waals surface area contributed by atoms with Crippen molar-refractivity contribution in [3.63, 3.8) is 0 Å². The average Bonchev–Trinajstić information content (AvgIpc) is 3.29. The summed E-state index contributed by atoms with van der Waals surface area (Å²) in [4.78, 5) is 30.6. The molecule has 0 unspecified atom stereocenters. The maximum Gasteiger partial charge on any atom is 0.227 e. The second-order valence-corrected chi connectivity index (χ2v) is 8.27. The Kier molecular flexibility index (Phi) is 4.14. The first-order chi connectivity index (χ1) is 11.2. The molecule has 0 spiro atoms. The minimum Gasteiger partial charge on any atom is -0.340 e. The van der Waals surface area contributed by atoms with Crippen LogP contribution in [0.4, 0.5) is 0 Å². The molecule has 5 rings (SSSR count). The predicted octanol–water partition coefficient (Wildman–Crippen LogP) is 2.54. The van der Waals surface area contributed by atoms with Gasteiger partial charge in [0, 0.05) is 37.0 Å². The van der Waals surface area contributed by atoms with Crippen LogP contribution in [0.2, 0.25) is 0 Å². The van der Waals surface area contributed by atoms with Crippen LogP contribution in [-0.2, 0) is 16.0 Å². The van der Waals surface area contributed by atoms with Crippen molar-refractivity contribution in [2.75, 3.05) is 19.6 Å². The van der Waals surface area contributed by atoms with E-state index in [0.717, 1.165) is 38.3 Å². The molecule has 2 amide bonds. The van der Waals surface area contributed by atoms with Crippen LogP contribution < -0.4 is 0 Å². The molecule has 3 saturated heterocycles. The van der Waals surface area contributed by atoms with Crippen LogP contribution in [0.3, 0.4) is 0 Å². The highest BCUT2D eigenvalue weighted by Crippen LogP contribution is 2.35. The largest absolute Gasteiger partial charge is 0.340 e. The molecule has 1 aromatic rings. The van der Waals surface area contributed by atoms with E-state index >= 15 is 0 Å². The third-order valence-corrected chi connectivity index (χ3v) is 6.40. The molecule has 2 atom stereocenters. The highest BCUT2D eigenvalue weighted by atomic mass is 32.1. The van der Waals surface area contributed by atoms with E-state index < -0.39 is 0 Å². The molecule has 1 saturated carbocycles. The van der Waals surface area contributed by atoms with Gasteiger partial charge in [-0.15, -0.1) is 11.3 Å². The quantitative estimate of drug-likeness (QED) is 0.831. The molecule has 4 nitrogen and oxygen atoms in total. The molecular weight excluding hydrogens is 308 g/mol. The van der Waals surface area contributed by atoms with Crippen LogP contribution >= 0.6 is 11.3 Å². The van der Waals surface area contributed by atoms with Crippen LogP contribution in [0.5, 0.6) is 0 Å². The van der Waals surface area contributed by atoms with Crippen molar-refractivity contribution in [2.45, 2.75) is 44.6 Å². The van der Waals surface area contributed by atoms with Gasteiger partial charge in [0.2, 0.25) is 11.8 Å². The molecule has 23 heavy (non-hydrogen) atoms. The van der Waals surface area contributed by atoms with Gasteiger partial charge in [-0.3, -0.25) is 9.59 Å². The Morgan fingerprint density at radius 1 is 1.22 bits per heavy atom. The molecule has 1 aromatic heterocycles. The van der Waals surface area contributed by atoms with Gasteiger partial charge in [0.25, 0.3) is 0 Å². The molecule has 124 valence electrons. The molecule has 0 radical (unpaired) electrons. The fourth-order valence-electron chi connectivity index (χ4n) is 3.91. The molecule has 4 heterocycles. The third kappa shape index (κ3) is 3.30. The summed E-state index contributed by atoms with van der Waals surface area (Å²) in [6.07, 6.45) is 5.95. The van der Waals surface area contributed by atoms with Gasteiger partial charge < -0.3 is 9.80 Å². The molecule has 2 bridgehead atoms. The number of amides is 2. The molecule has 0 aromatic carbocycles. The van der Waals surface area contributed by atoms with Gasteiger partial charge >= 0.3 is 0 Å². The Bertz CT molecular complexity index is 582. The molecule has 0 N–H and O–H groups in total. The molecule has 5 heteroatoms. The number of thiophene rings is 1. The summed E-state index contributed by atoms with van der Waals surface area (Å²) in [5, 5.41) is 2.06. The van der Waals surface area contributed by atoms with Crippen molar-refractivity contribution in [3.8, 4) is 0 Å². The van der Waals surface area contributed by atoms with Crippen LogP contribution in [0, 0.1) is 11.8 Å². The Morgan fingerprint density at radius 3 is 2.83 bits per heavy atom. The molecule has 4 fully saturated rings. The fraction of sp³-hybridized carbons (Fsp3) is 0.667. The maximum absolute atomic E-state index is 12.7. The first-order valence-corrected chi connectivity index (χ1v) is 9.69. The first-order valence-electron chi connectivity index (χ1n) is 8.81. The minimum absolute atomic E-state index is 0.0400. The summed E-state index contributed by atoms with van der Waals surface area (Å²) < 4.78 is 0. The number of nitrogens with zero attached hydrogens (tertiary/aromatic N) is 2.